The van der Waals surface area contributed by atoms with E-state index in [-0.39, 0.29) is 0 Å². The van der Waals surface area contributed by atoms with Crippen LogP contribution in [0, 0.1) is 0 Å². The molecule has 10 aromatic rings. The number of rotatable bonds is 6. The van der Waals surface area contributed by atoms with Crippen LogP contribution in [0.4, 0.5) is 34.1 Å². The number of para-hydroxylation sites is 3. The number of hydrogen-bond donors (Lipinski definition) is 0. The molecule has 0 N–H and O–H groups in total. The highest BCUT2D eigenvalue weighted by Crippen LogP contribution is 2.43. The predicted octanol–water partition coefficient (Wildman–Crippen LogP) is 13.7. The normalized spacial score (nSPS) is 13.1. The minimum atomic E-state index is -2.15. The van der Waals surface area contributed by atoms with Crippen molar-refractivity contribution in [3.63, 3.8) is 0 Å². The summed E-state index contributed by atoms with van der Waals surface area (Å²) in [5.41, 5.74) is 11.3. The molecule has 0 spiro atoms. The topological polar surface area (TPSA) is 19.6 Å². The lowest BCUT2D eigenvalue weighted by Gasteiger charge is -2.28. The molecule has 1 aliphatic heterocycles. The van der Waals surface area contributed by atoms with Gasteiger partial charge in [-0.3, -0.25) is 0 Å². The Morgan fingerprint density at radius 3 is 1.55 bits per heavy atom. The van der Waals surface area contributed by atoms with Gasteiger partial charge in [0.05, 0.1) is 0 Å². The first-order valence-electron chi connectivity index (χ1n) is 18.8. The standard InChI is InChI=1S/C50H36N2OSSi/c1-55(2)49-31-37(51(33-13-5-3-6-14-33)35-24-28-48-44(29-35)41-18-10-12-20-47(41)54-48)22-26-42(49)43-27-23-38(32-50(43)55)52(34-15-7-4-8-16-34)36-21-25-40-39-17-9-11-19-45(39)53-46(40)30-36/h3-32H,1-2H3. The van der Waals surface area contributed by atoms with Crippen molar-refractivity contribution in [2.75, 3.05) is 9.80 Å². The van der Waals surface area contributed by atoms with Gasteiger partial charge in [0.25, 0.3) is 0 Å². The second kappa shape index (κ2) is 12.3. The molecule has 0 saturated heterocycles. The van der Waals surface area contributed by atoms with Gasteiger partial charge in [0, 0.05) is 71.1 Å². The fourth-order valence-corrected chi connectivity index (χ4v) is 12.9. The lowest BCUT2D eigenvalue weighted by Crippen LogP contribution is -2.49. The van der Waals surface area contributed by atoms with E-state index in [4.69, 9.17) is 4.42 Å². The van der Waals surface area contributed by atoms with Gasteiger partial charge in [0.2, 0.25) is 0 Å². The highest BCUT2D eigenvalue weighted by Gasteiger charge is 2.38. The van der Waals surface area contributed by atoms with Crippen molar-refractivity contribution in [1.82, 2.24) is 0 Å². The Hall–Kier alpha value is -6.40. The molecule has 2 aromatic heterocycles. The lowest BCUT2D eigenvalue weighted by molar-refractivity contribution is 0.669. The molecule has 5 heteroatoms. The summed E-state index contributed by atoms with van der Waals surface area (Å²) < 4.78 is 9.01. The van der Waals surface area contributed by atoms with Crippen molar-refractivity contribution in [2.24, 2.45) is 0 Å². The van der Waals surface area contributed by atoms with Crippen LogP contribution in [0.5, 0.6) is 0 Å². The highest BCUT2D eigenvalue weighted by atomic mass is 32.1. The molecule has 8 aromatic carbocycles. The Kier molecular flexibility index (Phi) is 7.18. The van der Waals surface area contributed by atoms with Crippen LogP contribution in [-0.4, -0.2) is 8.07 Å². The summed E-state index contributed by atoms with van der Waals surface area (Å²) in [6, 6.07) is 66.3. The predicted molar refractivity (Wildman–Crippen MR) is 238 cm³/mol. The van der Waals surface area contributed by atoms with Crippen molar-refractivity contribution >= 4 is 106 Å². The monoisotopic (exact) mass is 740 g/mol. The number of thiophene rings is 1. The number of fused-ring (bicyclic) bond motifs is 9. The Bertz CT molecular complexity index is 3090. The second-order valence-corrected chi connectivity index (χ2v) is 20.4. The van der Waals surface area contributed by atoms with Crippen LogP contribution in [0.2, 0.25) is 13.1 Å². The quantitative estimate of drug-likeness (QED) is 0.158. The van der Waals surface area contributed by atoms with Crippen LogP contribution < -0.4 is 20.2 Å². The number of furan rings is 1. The van der Waals surface area contributed by atoms with Gasteiger partial charge in [-0.15, -0.1) is 11.3 Å². The van der Waals surface area contributed by atoms with Gasteiger partial charge >= 0.3 is 0 Å². The van der Waals surface area contributed by atoms with E-state index in [2.05, 4.69) is 193 Å². The average molecular weight is 741 g/mol. The van der Waals surface area contributed by atoms with Crippen LogP contribution >= 0.6 is 11.3 Å². The molecule has 3 heterocycles. The molecule has 0 unspecified atom stereocenters. The van der Waals surface area contributed by atoms with Crippen molar-refractivity contribution in [3.05, 3.63) is 182 Å². The molecule has 11 rings (SSSR count). The van der Waals surface area contributed by atoms with Crippen molar-refractivity contribution in [2.45, 2.75) is 13.1 Å². The second-order valence-electron chi connectivity index (χ2n) is 15.0. The SMILES string of the molecule is C[Si]1(C)c2cc(N(c3ccccc3)c3ccc4c(c3)oc3ccccc34)ccc2-c2ccc(N(c3ccccc3)c3ccc4sc5ccccc5c4c3)cc21. The molecule has 0 atom stereocenters. The van der Waals surface area contributed by atoms with E-state index in [1.807, 2.05) is 23.5 Å². The van der Waals surface area contributed by atoms with Gasteiger partial charge in [0.15, 0.2) is 0 Å². The zero-order chi connectivity index (χ0) is 36.7. The van der Waals surface area contributed by atoms with Gasteiger partial charge in [0.1, 0.15) is 19.2 Å². The van der Waals surface area contributed by atoms with Crippen LogP contribution in [0.25, 0.3) is 53.2 Å². The van der Waals surface area contributed by atoms with E-state index in [9.17, 15) is 0 Å². The van der Waals surface area contributed by atoms with Gasteiger partial charge < -0.3 is 14.2 Å². The number of anilines is 6. The maximum atomic E-state index is 6.37. The molecule has 0 aliphatic carbocycles. The first-order chi connectivity index (χ1) is 27.0. The van der Waals surface area contributed by atoms with Gasteiger partial charge in [-0.2, -0.15) is 0 Å². The summed E-state index contributed by atoms with van der Waals surface area (Å²) >= 11 is 1.86. The minimum absolute atomic E-state index is 0.893. The molecule has 0 bridgehead atoms. The first-order valence-corrected chi connectivity index (χ1v) is 22.7. The maximum Gasteiger partial charge on any atom is 0.137 e. The molecular formula is C50H36N2OSSi. The third kappa shape index (κ3) is 5.08. The third-order valence-electron chi connectivity index (χ3n) is 11.4. The number of benzene rings is 8. The van der Waals surface area contributed by atoms with Crippen LogP contribution in [0.15, 0.2) is 186 Å². The van der Waals surface area contributed by atoms with Gasteiger partial charge in [-0.05, 0) is 112 Å². The summed E-state index contributed by atoms with van der Waals surface area (Å²) in [5, 5.41) is 7.82. The largest absolute Gasteiger partial charge is 0.456 e. The first kappa shape index (κ1) is 32.1. The number of nitrogens with zero attached hydrogens (tertiary/aromatic N) is 2. The number of hydrogen-bond acceptors (Lipinski definition) is 4. The highest BCUT2D eigenvalue weighted by molar-refractivity contribution is 7.25. The van der Waals surface area contributed by atoms with Crippen LogP contribution in [0.1, 0.15) is 0 Å². The van der Waals surface area contributed by atoms with Gasteiger partial charge in [-0.1, -0.05) is 98.0 Å². The molecule has 55 heavy (non-hydrogen) atoms. The molecule has 0 amide bonds. The molecule has 0 saturated carbocycles. The molecule has 262 valence electrons. The average Bonchev–Trinajstić information content (AvgIpc) is 3.86. The van der Waals surface area contributed by atoms with E-state index in [1.165, 1.54) is 53.0 Å². The maximum absolute atomic E-state index is 6.37. The fourth-order valence-electron chi connectivity index (χ4n) is 8.75. The lowest BCUT2D eigenvalue weighted by atomic mass is 10.0. The van der Waals surface area contributed by atoms with E-state index >= 15 is 0 Å². The Morgan fingerprint density at radius 2 is 0.873 bits per heavy atom. The molecule has 0 radical (unpaired) electrons. The molecular weight excluding hydrogens is 705 g/mol. The van der Waals surface area contributed by atoms with Crippen molar-refractivity contribution < 1.29 is 4.42 Å². The van der Waals surface area contributed by atoms with Gasteiger partial charge in [-0.25, -0.2) is 0 Å². The molecule has 1 aliphatic rings. The van der Waals surface area contributed by atoms with Crippen molar-refractivity contribution in [3.8, 4) is 11.1 Å². The van der Waals surface area contributed by atoms with E-state index in [0.717, 1.165) is 44.7 Å². The Balaban J connectivity index is 1.03. The fraction of sp³-hybridized carbons (Fsp3) is 0.0400. The molecule has 0 fully saturated rings. The smallest absolute Gasteiger partial charge is 0.137 e. The van der Waals surface area contributed by atoms with Crippen LogP contribution in [0.3, 0.4) is 0 Å². The summed E-state index contributed by atoms with van der Waals surface area (Å²) in [6.07, 6.45) is 0. The zero-order valence-electron chi connectivity index (χ0n) is 30.5. The van der Waals surface area contributed by atoms with Crippen molar-refractivity contribution in [1.29, 1.82) is 0 Å². The summed E-state index contributed by atoms with van der Waals surface area (Å²) in [6.45, 7) is 5.02. The van der Waals surface area contributed by atoms with E-state index < -0.39 is 8.07 Å². The minimum Gasteiger partial charge on any atom is -0.456 e. The zero-order valence-corrected chi connectivity index (χ0v) is 32.3. The Labute approximate surface area is 325 Å². The Morgan fingerprint density at radius 1 is 0.382 bits per heavy atom. The van der Waals surface area contributed by atoms with E-state index in [1.54, 1.807) is 0 Å². The summed E-state index contributed by atoms with van der Waals surface area (Å²) in [5.74, 6) is 0. The summed E-state index contributed by atoms with van der Waals surface area (Å²) in [4.78, 5) is 4.80. The molecule has 3 nitrogen and oxygen atoms in total. The summed E-state index contributed by atoms with van der Waals surface area (Å²) in [7, 11) is -2.15. The van der Waals surface area contributed by atoms with E-state index in [0.29, 0.717) is 0 Å². The third-order valence-corrected chi connectivity index (χ3v) is 16.1. The van der Waals surface area contributed by atoms with Crippen LogP contribution in [-0.2, 0) is 0 Å².